The van der Waals surface area contributed by atoms with E-state index < -0.39 is 17.8 Å². The van der Waals surface area contributed by atoms with Gasteiger partial charge in [-0.1, -0.05) is 0 Å². The van der Waals surface area contributed by atoms with Crippen molar-refractivity contribution in [3.63, 3.8) is 0 Å². The van der Waals surface area contributed by atoms with Crippen molar-refractivity contribution in [3.8, 4) is 0 Å². The van der Waals surface area contributed by atoms with Crippen molar-refractivity contribution >= 4 is 17.8 Å². The number of carboxylic acids is 1. The summed E-state index contributed by atoms with van der Waals surface area (Å²) in [5.41, 5.74) is 0. The zero-order chi connectivity index (χ0) is 15.4. The molecule has 0 aromatic carbocycles. The molecule has 116 valence electrons. The van der Waals surface area contributed by atoms with Crippen LogP contribution in [0.5, 0.6) is 0 Å². The molecule has 2 rings (SSSR count). The van der Waals surface area contributed by atoms with E-state index in [9.17, 15) is 9.59 Å². The van der Waals surface area contributed by atoms with E-state index in [4.69, 9.17) is 9.90 Å². The first-order chi connectivity index (χ1) is 9.49. The third-order valence-electron chi connectivity index (χ3n) is 2.49. The van der Waals surface area contributed by atoms with Gasteiger partial charge in [0.15, 0.2) is 0 Å². The number of likely N-dealkylation sites (N-methyl/N-ethyl adjacent to an activating group) is 1. The molecule has 0 aliphatic carbocycles. The number of nitrogens with one attached hydrogen (secondary N) is 3. The monoisotopic (exact) mass is 288 g/mol. The molecule has 0 saturated carbocycles. The molecule has 0 radical (unpaired) electrons. The quantitative estimate of drug-likeness (QED) is 0.425. The second kappa shape index (κ2) is 11.2. The lowest BCUT2D eigenvalue weighted by atomic mass is 10.3. The van der Waals surface area contributed by atoms with Crippen molar-refractivity contribution in [3.05, 3.63) is 0 Å². The minimum absolute atomic E-state index is 0.409. The van der Waals surface area contributed by atoms with Crippen LogP contribution in [0, 0.1) is 0 Å². The average Bonchev–Trinajstić information content (AvgIpc) is 2.44. The molecule has 0 spiro atoms. The Morgan fingerprint density at radius 2 is 1.60 bits per heavy atom. The van der Waals surface area contributed by atoms with Gasteiger partial charge in [0, 0.05) is 52.7 Å². The summed E-state index contributed by atoms with van der Waals surface area (Å²) in [7, 11) is 0. The molecule has 2 aliphatic heterocycles. The van der Waals surface area contributed by atoms with Crippen molar-refractivity contribution in [2.45, 2.75) is 13.8 Å². The number of aliphatic carboxylic acids is 1. The highest BCUT2D eigenvalue weighted by atomic mass is 16.4. The van der Waals surface area contributed by atoms with E-state index in [1.54, 1.807) is 0 Å². The summed E-state index contributed by atoms with van der Waals surface area (Å²) in [5, 5.41) is 16.3. The fourth-order valence-corrected chi connectivity index (χ4v) is 1.53. The number of piperazine rings is 2. The van der Waals surface area contributed by atoms with Crippen molar-refractivity contribution < 1.29 is 19.5 Å². The lowest BCUT2D eigenvalue weighted by Gasteiger charge is -2.24. The normalized spacial score (nSPS) is 18.0. The van der Waals surface area contributed by atoms with E-state index in [0.717, 1.165) is 33.1 Å². The Morgan fingerprint density at radius 1 is 1.15 bits per heavy atom. The first-order valence-corrected chi connectivity index (χ1v) is 6.67. The molecule has 20 heavy (non-hydrogen) atoms. The van der Waals surface area contributed by atoms with Gasteiger partial charge < -0.3 is 26.0 Å². The molecule has 2 heterocycles. The van der Waals surface area contributed by atoms with E-state index in [-0.39, 0.29) is 0 Å². The molecule has 0 bridgehead atoms. The molecular weight excluding hydrogens is 264 g/mol. The summed E-state index contributed by atoms with van der Waals surface area (Å²) in [6, 6.07) is 0. The molecule has 2 aliphatic rings. The molecule has 0 unspecified atom stereocenters. The zero-order valence-electron chi connectivity index (χ0n) is 12.1. The number of carbonyl (C=O) groups is 3. The molecule has 0 aromatic rings. The minimum atomic E-state index is -0.833. The predicted octanol–water partition coefficient (Wildman–Crippen LogP) is -1.77. The number of carboxylic acid groups (broad SMARTS) is 1. The zero-order valence-corrected chi connectivity index (χ0v) is 12.1. The Hall–Kier alpha value is -1.67. The van der Waals surface area contributed by atoms with E-state index in [1.807, 2.05) is 6.92 Å². The van der Waals surface area contributed by atoms with Crippen LogP contribution in [0.2, 0.25) is 0 Å². The van der Waals surface area contributed by atoms with Gasteiger partial charge in [0.1, 0.15) is 0 Å². The maximum Gasteiger partial charge on any atom is 0.311 e. The highest BCUT2D eigenvalue weighted by Crippen LogP contribution is 1.93. The Morgan fingerprint density at radius 3 is 1.90 bits per heavy atom. The van der Waals surface area contributed by atoms with E-state index in [1.165, 1.54) is 4.90 Å². The van der Waals surface area contributed by atoms with Gasteiger partial charge >= 0.3 is 11.8 Å². The number of nitrogens with zero attached hydrogens (tertiary/aromatic N) is 1. The lowest BCUT2D eigenvalue weighted by Crippen LogP contribution is -2.51. The van der Waals surface area contributed by atoms with Gasteiger partial charge in [0.2, 0.25) is 0 Å². The summed E-state index contributed by atoms with van der Waals surface area (Å²) in [6.07, 6.45) is 0. The highest BCUT2D eigenvalue weighted by Gasteiger charge is 2.23. The molecule has 0 atom stereocenters. The summed E-state index contributed by atoms with van der Waals surface area (Å²) in [6.45, 7) is 9.34. The molecule has 8 heteroatoms. The Balaban J connectivity index is 0.000000307. The van der Waals surface area contributed by atoms with Gasteiger partial charge in [0.05, 0.1) is 0 Å². The number of hydrogen-bond acceptors (Lipinski definition) is 5. The van der Waals surface area contributed by atoms with Gasteiger partial charge in [-0.05, 0) is 6.92 Å². The lowest BCUT2D eigenvalue weighted by molar-refractivity contribution is -0.147. The third kappa shape index (κ3) is 9.29. The van der Waals surface area contributed by atoms with Crippen LogP contribution in [0.4, 0.5) is 0 Å². The van der Waals surface area contributed by atoms with Crippen LogP contribution in [-0.4, -0.2) is 73.6 Å². The van der Waals surface area contributed by atoms with Crippen LogP contribution in [-0.2, 0) is 14.4 Å². The first kappa shape index (κ1) is 18.3. The van der Waals surface area contributed by atoms with Gasteiger partial charge in [-0.25, -0.2) is 0 Å². The number of hydrogen-bond donors (Lipinski definition) is 4. The third-order valence-corrected chi connectivity index (χ3v) is 2.49. The predicted molar refractivity (Wildman–Crippen MR) is 74.3 cm³/mol. The summed E-state index contributed by atoms with van der Waals surface area (Å²) in [4.78, 5) is 32.1. The molecule has 0 aromatic heterocycles. The smallest absolute Gasteiger partial charge is 0.311 e. The standard InChI is InChI=1S/C6H10N2O2.C4H10N2.C2H4O2/c1-2-8-4-3-7-5(9)6(8)10;1-2-6-4-3-5-1;1-2(3)4/h2-4H2,1H3,(H,7,9);5-6H,1-4H2;1H3,(H,3,4). The second-order valence-corrected chi connectivity index (χ2v) is 4.16. The van der Waals surface area contributed by atoms with E-state index >= 15 is 0 Å². The summed E-state index contributed by atoms with van der Waals surface area (Å²) < 4.78 is 0. The van der Waals surface area contributed by atoms with Gasteiger partial charge in [0.25, 0.3) is 5.97 Å². The van der Waals surface area contributed by atoms with Crippen molar-refractivity contribution in [2.75, 3.05) is 45.8 Å². The Bertz CT molecular complexity index is 303. The maximum atomic E-state index is 10.9. The van der Waals surface area contributed by atoms with Crippen LogP contribution in [0.25, 0.3) is 0 Å². The molecule has 4 N–H and O–H groups in total. The summed E-state index contributed by atoms with van der Waals surface area (Å²) >= 11 is 0. The molecule has 2 saturated heterocycles. The first-order valence-electron chi connectivity index (χ1n) is 6.67. The van der Waals surface area contributed by atoms with Crippen LogP contribution >= 0.6 is 0 Å². The van der Waals surface area contributed by atoms with Crippen molar-refractivity contribution in [1.82, 2.24) is 20.9 Å². The topological polar surface area (TPSA) is 111 Å². The number of rotatable bonds is 1. The van der Waals surface area contributed by atoms with Crippen LogP contribution < -0.4 is 16.0 Å². The molecule has 2 amide bonds. The minimum Gasteiger partial charge on any atom is -0.481 e. The van der Waals surface area contributed by atoms with Gasteiger partial charge in [-0.3, -0.25) is 14.4 Å². The summed E-state index contributed by atoms with van der Waals surface area (Å²) in [5.74, 6) is -1.72. The molecular formula is C12H24N4O4. The van der Waals surface area contributed by atoms with E-state index in [2.05, 4.69) is 16.0 Å². The van der Waals surface area contributed by atoms with Crippen molar-refractivity contribution in [2.24, 2.45) is 0 Å². The Labute approximate surface area is 118 Å². The SMILES string of the molecule is C1CNCCN1.CC(=O)O.CCN1CCNC(=O)C1=O. The fourth-order valence-electron chi connectivity index (χ4n) is 1.53. The van der Waals surface area contributed by atoms with Crippen LogP contribution in [0.1, 0.15) is 13.8 Å². The fraction of sp³-hybridized carbons (Fsp3) is 0.750. The number of amides is 2. The average molecular weight is 288 g/mol. The largest absolute Gasteiger partial charge is 0.481 e. The molecule has 2 fully saturated rings. The van der Waals surface area contributed by atoms with E-state index in [0.29, 0.717) is 19.6 Å². The van der Waals surface area contributed by atoms with Gasteiger partial charge in [-0.15, -0.1) is 0 Å². The van der Waals surface area contributed by atoms with Crippen LogP contribution in [0.3, 0.4) is 0 Å². The number of carbonyl (C=O) groups excluding carboxylic acids is 2. The van der Waals surface area contributed by atoms with Gasteiger partial charge in [-0.2, -0.15) is 0 Å². The van der Waals surface area contributed by atoms with Crippen LogP contribution in [0.15, 0.2) is 0 Å². The van der Waals surface area contributed by atoms with Crippen molar-refractivity contribution in [1.29, 1.82) is 0 Å². The maximum absolute atomic E-state index is 10.9. The Kier molecular flexibility index (Phi) is 10.2. The highest BCUT2D eigenvalue weighted by molar-refractivity contribution is 6.35. The second-order valence-electron chi connectivity index (χ2n) is 4.16. The molecule has 8 nitrogen and oxygen atoms in total.